The summed E-state index contributed by atoms with van der Waals surface area (Å²) in [5, 5.41) is 11.9. The molecule has 1 aromatic rings. The minimum absolute atomic E-state index is 0.0169. The van der Waals surface area contributed by atoms with Crippen LogP contribution in [0.2, 0.25) is 0 Å². The quantitative estimate of drug-likeness (QED) is 0.823. The summed E-state index contributed by atoms with van der Waals surface area (Å²) in [4.78, 5) is 23.4. The molecule has 2 N–H and O–H groups in total. The molecule has 3 rings (SSSR count). The van der Waals surface area contributed by atoms with E-state index < -0.39 is 11.5 Å². The molecule has 4 nitrogen and oxygen atoms in total. The van der Waals surface area contributed by atoms with Crippen LogP contribution in [0.5, 0.6) is 0 Å². The normalized spacial score (nSPS) is 25.3. The summed E-state index contributed by atoms with van der Waals surface area (Å²) in [5.74, 6) is -0.740. The topological polar surface area (TPSA) is 66.4 Å². The van der Waals surface area contributed by atoms with Gasteiger partial charge >= 0.3 is 5.97 Å². The third-order valence-corrected chi connectivity index (χ3v) is 5.75. The van der Waals surface area contributed by atoms with E-state index in [0.29, 0.717) is 6.42 Å². The van der Waals surface area contributed by atoms with E-state index >= 15 is 0 Å². The second-order valence-corrected chi connectivity index (χ2v) is 8.40. The van der Waals surface area contributed by atoms with Gasteiger partial charge in [-0.15, -0.1) is 0 Å². The highest BCUT2D eigenvalue weighted by Gasteiger charge is 2.61. The van der Waals surface area contributed by atoms with Gasteiger partial charge in [-0.05, 0) is 62.8 Å². The van der Waals surface area contributed by atoms with E-state index in [4.69, 9.17) is 5.11 Å². The molecule has 1 aromatic carbocycles. The highest BCUT2D eigenvalue weighted by molar-refractivity contribution is 9.10. The number of carboxylic acids is 1. The van der Waals surface area contributed by atoms with Gasteiger partial charge in [0.05, 0.1) is 0 Å². The molecule has 23 heavy (non-hydrogen) atoms. The fraction of sp³-hybridized carbons (Fsp3) is 0.556. The van der Waals surface area contributed by atoms with Gasteiger partial charge in [-0.1, -0.05) is 22.0 Å². The number of halogens is 1. The minimum Gasteiger partial charge on any atom is -0.481 e. The van der Waals surface area contributed by atoms with E-state index in [1.807, 2.05) is 13.8 Å². The van der Waals surface area contributed by atoms with Crippen LogP contribution in [-0.4, -0.2) is 22.5 Å². The predicted octanol–water partition coefficient (Wildman–Crippen LogP) is 3.41. The van der Waals surface area contributed by atoms with Crippen molar-refractivity contribution >= 4 is 27.8 Å². The third-order valence-electron chi connectivity index (χ3n) is 5.26. The molecule has 0 aromatic heterocycles. The molecule has 5 heteroatoms. The molecule has 0 bridgehead atoms. The lowest BCUT2D eigenvalue weighted by molar-refractivity contribution is -0.138. The first-order chi connectivity index (χ1) is 10.7. The van der Waals surface area contributed by atoms with Crippen molar-refractivity contribution in [2.45, 2.75) is 56.9 Å². The molecular weight excluding hydrogens is 358 g/mol. The van der Waals surface area contributed by atoms with E-state index in [9.17, 15) is 9.59 Å². The summed E-state index contributed by atoms with van der Waals surface area (Å²) in [7, 11) is 0. The third kappa shape index (κ3) is 3.16. The van der Waals surface area contributed by atoms with Crippen molar-refractivity contribution in [3.63, 3.8) is 0 Å². The van der Waals surface area contributed by atoms with Gasteiger partial charge < -0.3 is 10.4 Å². The summed E-state index contributed by atoms with van der Waals surface area (Å²) < 4.78 is 1.09. The number of aliphatic carboxylic acids is 1. The second-order valence-electron chi connectivity index (χ2n) is 7.48. The fourth-order valence-electron chi connectivity index (χ4n) is 3.87. The van der Waals surface area contributed by atoms with Crippen molar-refractivity contribution in [2.75, 3.05) is 0 Å². The summed E-state index contributed by atoms with van der Waals surface area (Å²) in [6.45, 7) is 3.78. The Kier molecular flexibility index (Phi) is 4.03. The number of amides is 1. The van der Waals surface area contributed by atoms with Gasteiger partial charge in [0.1, 0.15) is 0 Å². The summed E-state index contributed by atoms with van der Waals surface area (Å²) in [6.07, 6.45) is 3.48. The number of rotatable bonds is 5. The van der Waals surface area contributed by atoms with Crippen LogP contribution in [-0.2, 0) is 21.4 Å². The Hall–Kier alpha value is -1.36. The zero-order valence-corrected chi connectivity index (χ0v) is 15.1. The molecule has 2 aliphatic rings. The van der Waals surface area contributed by atoms with E-state index in [2.05, 4.69) is 39.4 Å². The maximum Gasteiger partial charge on any atom is 0.303 e. The molecule has 2 unspecified atom stereocenters. The van der Waals surface area contributed by atoms with E-state index in [1.165, 1.54) is 11.1 Å². The molecular formula is C18H22BrNO3. The molecule has 1 saturated carbocycles. The zero-order valence-electron chi connectivity index (χ0n) is 13.5. The molecule has 2 atom stereocenters. The minimum atomic E-state index is -0.828. The molecule has 0 saturated heterocycles. The standard InChI is InChI=1S/C18H22BrNO3/c1-17(2,7-6-15(21)22)20-16(23)14-10-18(14)8-5-11-9-12(19)3-4-13(11)18/h3-4,9,14H,5-8,10H2,1-2H3,(H,20,23)(H,21,22). The van der Waals surface area contributed by atoms with Crippen LogP contribution in [0.3, 0.4) is 0 Å². The van der Waals surface area contributed by atoms with Crippen molar-refractivity contribution in [1.29, 1.82) is 0 Å². The summed E-state index contributed by atoms with van der Waals surface area (Å²) >= 11 is 3.51. The predicted molar refractivity (Wildman–Crippen MR) is 91.3 cm³/mol. The molecule has 2 aliphatic carbocycles. The van der Waals surface area contributed by atoms with Crippen LogP contribution in [0.1, 0.15) is 50.7 Å². The van der Waals surface area contributed by atoms with Gasteiger partial charge in [-0.2, -0.15) is 0 Å². The molecule has 1 fully saturated rings. The molecule has 1 amide bonds. The Morgan fingerprint density at radius 1 is 1.43 bits per heavy atom. The molecule has 0 heterocycles. The summed E-state index contributed by atoms with van der Waals surface area (Å²) in [6, 6.07) is 6.36. The SMILES string of the molecule is CC(C)(CCC(=O)O)NC(=O)C1CC12CCc1cc(Br)ccc12. The Morgan fingerprint density at radius 3 is 2.87 bits per heavy atom. The number of nitrogens with one attached hydrogen (secondary N) is 1. The van der Waals surface area contributed by atoms with Crippen LogP contribution < -0.4 is 5.32 Å². The Morgan fingerprint density at radius 2 is 2.17 bits per heavy atom. The first-order valence-corrected chi connectivity index (χ1v) is 8.86. The Bertz CT molecular complexity index is 670. The number of carbonyl (C=O) groups excluding carboxylic acids is 1. The van der Waals surface area contributed by atoms with Crippen LogP contribution >= 0.6 is 15.9 Å². The Labute approximate surface area is 144 Å². The zero-order chi connectivity index (χ0) is 16.8. The smallest absolute Gasteiger partial charge is 0.303 e. The summed E-state index contributed by atoms with van der Waals surface area (Å²) in [5.41, 5.74) is 2.20. The van der Waals surface area contributed by atoms with Crippen LogP contribution in [0.15, 0.2) is 22.7 Å². The van der Waals surface area contributed by atoms with Crippen LogP contribution in [0.4, 0.5) is 0 Å². The number of fused-ring (bicyclic) bond motifs is 2. The van der Waals surface area contributed by atoms with Gasteiger partial charge in [0.25, 0.3) is 0 Å². The molecule has 0 aliphatic heterocycles. The van der Waals surface area contributed by atoms with E-state index in [0.717, 1.165) is 23.7 Å². The lowest BCUT2D eigenvalue weighted by Gasteiger charge is -2.26. The maximum atomic E-state index is 12.6. The average Bonchev–Trinajstić information content (AvgIpc) is 3.08. The molecule has 1 spiro atoms. The van der Waals surface area contributed by atoms with E-state index in [1.54, 1.807) is 0 Å². The number of hydrogen-bond acceptors (Lipinski definition) is 2. The molecule has 0 radical (unpaired) electrons. The van der Waals surface area contributed by atoms with Crippen molar-refractivity contribution in [3.8, 4) is 0 Å². The maximum absolute atomic E-state index is 12.6. The van der Waals surface area contributed by atoms with Crippen molar-refractivity contribution in [3.05, 3.63) is 33.8 Å². The second kappa shape index (κ2) is 5.62. The van der Waals surface area contributed by atoms with Gasteiger partial charge in [0, 0.05) is 27.8 Å². The van der Waals surface area contributed by atoms with E-state index in [-0.39, 0.29) is 23.7 Å². The van der Waals surface area contributed by atoms with Gasteiger partial charge in [0.2, 0.25) is 5.91 Å². The van der Waals surface area contributed by atoms with Crippen molar-refractivity contribution in [1.82, 2.24) is 5.32 Å². The van der Waals surface area contributed by atoms with Gasteiger partial charge in [-0.25, -0.2) is 0 Å². The Balaban J connectivity index is 1.67. The highest BCUT2D eigenvalue weighted by Crippen LogP contribution is 2.61. The van der Waals surface area contributed by atoms with Gasteiger partial charge in [0.15, 0.2) is 0 Å². The van der Waals surface area contributed by atoms with Gasteiger partial charge in [-0.3, -0.25) is 9.59 Å². The largest absolute Gasteiger partial charge is 0.481 e. The van der Waals surface area contributed by atoms with Crippen LogP contribution in [0.25, 0.3) is 0 Å². The average molecular weight is 380 g/mol. The number of carboxylic acid groups (broad SMARTS) is 1. The lowest BCUT2D eigenvalue weighted by Crippen LogP contribution is -2.45. The number of aryl methyl sites for hydroxylation is 1. The lowest BCUT2D eigenvalue weighted by atomic mass is 9.93. The van der Waals surface area contributed by atoms with Crippen molar-refractivity contribution in [2.24, 2.45) is 5.92 Å². The first kappa shape index (κ1) is 16.5. The first-order valence-electron chi connectivity index (χ1n) is 8.06. The highest BCUT2D eigenvalue weighted by atomic mass is 79.9. The molecule has 124 valence electrons. The fourth-order valence-corrected chi connectivity index (χ4v) is 4.28. The number of hydrogen-bond donors (Lipinski definition) is 2. The number of benzene rings is 1. The van der Waals surface area contributed by atoms with Crippen LogP contribution in [0, 0.1) is 5.92 Å². The monoisotopic (exact) mass is 379 g/mol. The van der Waals surface area contributed by atoms with Crippen molar-refractivity contribution < 1.29 is 14.7 Å². The number of carbonyl (C=O) groups is 2.